The van der Waals surface area contributed by atoms with Gasteiger partial charge in [0, 0.05) is 23.7 Å². The summed E-state index contributed by atoms with van der Waals surface area (Å²) in [7, 11) is 1.88. The highest BCUT2D eigenvalue weighted by atomic mass is 32.1. The van der Waals surface area contributed by atoms with Gasteiger partial charge in [-0.2, -0.15) is 0 Å². The number of likely N-dealkylation sites (N-methyl/N-ethyl adjacent to an activating group) is 1. The molecule has 3 nitrogen and oxygen atoms in total. The van der Waals surface area contributed by atoms with Gasteiger partial charge in [-0.3, -0.25) is 4.79 Å². The third kappa shape index (κ3) is 2.95. The predicted molar refractivity (Wildman–Crippen MR) is 87.7 cm³/mol. The molecule has 1 aliphatic rings. The van der Waals surface area contributed by atoms with E-state index in [2.05, 4.69) is 36.1 Å². The normalized spacial score (nSPS) is 16.9. The van der Waals surface area contributed by atoms with E-state index in [0.717, 1.165) is 6.42 Å². The molecule has 0 spiro atoms. The van der Waals surface area contributed by atoms with Crippen LogP contribution >= 0.6 is 11.3 Å². The van der Waals surface area contributed by atoms with Gasteiger partial charge in [0.05, 0.1) is 13.1 Å². The molecule has 0 N–H and O–H groups in total. The van der Waals surface area contributed by atoms with Gasteiger partial charge in [0.15, 0.2) is 0 Å². The fraction of sp³-hybridized carbons (Fsp3) is 0.353. The van der Waals surface area contributed by atoms with Gasteiger partial charge in [0.1, 0.15) is 0 Å². The second-order valence-corrected chi connectivity index (χ2v) is 6.67. The predicted octanol–water partition coefficient (Wildman–Crippen LogP) is 3.16. The first-order valence-corrected chi connectivity index (χ1v) is 8.14. The molecule has 2 aromatic rings. The Labute approximate surface area is 129 Å². The van der Waals surface area contributed by atoms with Crippen LogP contribution in [0.3, 0.4) is 0 Å². The molecule has 110 valence electrons. The Morgan fingerprint density at radius 1 is 1.33 bits per heavy atom. The van der Waals surface area contributed by atoms with Crippen molar-refractivity contribution in [3.05, 3.63) is 52.2 Å². The molecule has 0 saturated carbocycles. The van der Waals surface area contributed by atoms with Crippen LogP contribution in [0.1, 0.15) is 17.4 Å². The topological polar surface area (TPSA) is 23.6 Å². The minimum absolute atomic E-state index is 0.173. The molecule has 1 amide bonds. The van der Waals surface area contributed by atoms with Crippen molar-refractivity contribution in [2.45, 2.75) is 25.9 Å². The lowest BCUT2D eigenvalue weighted by Crippen LogP contribution is -2.40. The molecular weight excluding hydrogens is 280 g/mol. The SMILES string of the molecule is CC1Cc2ccccc2N1CC(=O)N(C)Cc1cccs1. The van der Waals surface area contributed by atoms with Crippen LogP contribution in [-0.2, 0) is 17.8 Å². The van der Waals surface area contributed by atoms with Gasteiger partial charge >= 0.3 is 0 Å². The summed E-state index contributed by atoms with van der Waals surface area (Å²) in [5, 5.41) is 2.05. The summed E-state index contributed by atoms with van der Waals surface area (Å²) in [5.41, 5.74) is 2.56. The standard InChI is InChI=1S/C17H20N2OS/c1-13-10-14-6-3-4-8-16(14)19(13)12-17(20)18(2)11-15-7-5-9-21-15/h3-9,13H,10-12H2,1-2H3. The maximum absolute atomic E-state index is 12.5. The van der Waals surface area contributed by atoms with Crippen molar-refractivity contribution in [1.82, 2.24) is 4.90 Å². The second-order valence-electron chi connectivity index (χ2n) is 5.64. The Bertz CT molecular complexity index is 623. The van der Waals surface area contributed by atoms with E-state index in [0.29, 0.717) is 19.1 Å². The molecule has 4 heteroatoms. The number of amides is 1. The van der Waals surface area contributed by atoms with E-state index in [9.17, 15) is 4.79 Å². The Hall–Kier alpha value is -1.81. The molecule has 0 fully saturated rings. The van der Waals surface area contributed by atoms with E-state index in [1.807, 2.05) is 29.5 Å². The number of hydrogen-bond donors (Lipinski definition) is 0. The highest BCUT2D eigenvalue weighted by Gasteiger charge is 2.27. The lowest BCUT2D eigenvalue weighted by molar-refractivity contribution is -0.129. The minimum Gasteiger partial charge on any atom is -0.359 e. The number of carbonyl (C=O) groups excluding carboxylic acids is 1. The number of para-hydroxylation sites is 1. The third-order valence-corrected chi connectivity index (χ3v) is 4.91. The molecule has 3 rings (SSSR count). The summed E-state index contributed by atoms with van der Waals surface area (Å²) in [6, 6.07) is 12.9. The van der Waals surface area contributed by atoms with Crippen molar-refractivity contribution < 1.29 is 4.79 Å². The van der Waals surface area contributed by atoms with Gasteiger partial charge in [0.25, 0.3) is 0 Å². The highest BCUT2D eigenvalue weighted by molar-refractivity contribution is 7.09. The maximum atomic E-state index is 12.5. The van der Waals surface area contributed by atoms with Crippen LogP contribution in [0, 0.1) is 0 Å². The molecule has 1 aliphatic heterocycles. The average molecular weight is 300 g/mol. The van der Waals surface area contributed by atoms with Gasteiger partial charge in [-0.1, -0.05) is 24.3 Å². The molecule has 1 atom stereocenters. The average Bonchev–Trinajstić information content (AvgIpc) is 3.07. The number of benzene rings is 1. The van der Waals surface area contributed by atoms with Gasteiger partial charge < -0.3 is 9.80 Å². The number of anilines is 1. The number of thiophene rings is 1. The van der Waals surface area contributed by atoms with Crippen LogP contribution in [0.4, 0.5) is 5.69 Å². The van der Waals surface area contributed by atoms with Gasteiger partial charge in [0.2, 0.25) is 5.91 Å². The number of rotatable bonds is 4. The van der Waals surface area contributed by atoms with Crippen molar-refractivity contribution in [3.63, 3.8) is 0 Å². The molecular formula is C17H20N2OS. The van der Waals surface area contributed by atoms with Crippen LogP contribution < -0.4 is 4.90 Å². The molecule has 1 unspecified atom stereocenters. The largest absolute Gasteiger partial charge is 0.359 e. The van der Waals surface area contributed by atoms with E-state index < -0.39 is 0 Å². The monoisotopic (exact) mass is 300 g/mol. The van der Waals surface area contributed by atoms with Crippen molar-refractivity contribution >= 4 is 22.9 Å². The zero-order valence-electron chi connectivity index (χ0n) is 12.5. The van der Waals surface area contributed by atoms with E-state index >= 15 is 0 Å². The number of hydrogen-bond acceptors (Lipinski definition) is 3. The quantitative estimate of drug-likeness (QED) is 0.866. The van der Waals surface area contributed by atoms with Crippen molar-refractivity contribution in [2.75, 3.05) is 18.5 Å². The Morgan fingerprint density at radius 2 is 2.14 bits per heavy atom. The molecule has 0 bridgehead atoms. The van der Waals surface area contributed by atoms with Crippen molar-refractivity contribution in [2.24, 2.45) is 0 Å². The van der Waals surface area contributed by atoms with Crippen LogP contribution in [0.5, 0.6) is 0 Å². The lowest BCUT2D eigenvalue weighted by Gasteiger charge is -2.27. The number of carbonyl (C=O) groups is 1. The first-order valence-electron chi connectivity index (χ1n) is 7.26. The molecule has 0 aliphatic carbocycles. The molecule has 0 radical (unpaired) electrons. The van der Waals surface area contributed by atoms with Crippen LogP contribution in [-0.4, -0.2) is 30.4 Å². The van der Waals surface area contributed by atoms with Crippen LogP contribution in [0.15, 0.2) is 41.8 Å². The maximum Gasteiger partial charge on any atom is 0.242 e. The second kappa shape index (κ2) is 5.90. The fourth-order valence-electron chi connectivity index (χ4n) is 2.86. The smallest absolute Gasteiger partial charge is 0.242 e. The van der Waals surface area contributed by atoms with E-state index in [1.165, 1.54) is 16.1 Å². The summed E-state index contributed by atoms with van der Waals surface area (Å²) in [4.78, 5) is 17.7. The number of fused-ring (bicyclic) bond motifs is 1. The number of nitrogens with zero attached hydrogens (tertiary/aromatic N) is 2. The molecule has 21 heavy (non-hydrogen) atoms. The van der Waals surface area contributed by atoms with Crippen molar-refractivity contribution in [1.29, 1.82) is 0 Å². The third-order valence-electron chi connectivity index (χ3n) is 4.05. The van der Waals surface area contributed by atoms with Crippen LogP contribution in [0.25, 0.3) is 0 Å². The van der Waals surface area contributed by atoms with E-state index in [1.54, 1.807) is 11.3 Å². The summed E-state index contributed by atoms with van der Waals surface area (Å²) in [6.45, 7) is 3.34. The highest BCUT2D eigenvalue weighted by Crippen LogP contribution is 2.31. The molecule has 1 aromatic heterocycles. The molecule has 1 aromatic carbocycles. The zero-order chi connectivity index (χ0) is 14.8. The van der Waals surface area contributed by atoms with Crippen LogP contribution in [0.2, 0.25) is 0 Å². The summed E-state index contributed by atoms with van der Waals surface area (Å²) < 4.78 is 0. The molecule has 0 saturated heterocycles. The zero-order valence-corrected chi connectivity index (χ0v) is 13.3. The van der Waals surface area contributed by atoms with E-state index in [4.69, 9.17) is 0 Å². The Kier molecular flexibility index (Phi) is 3.97. The fourth-order valence-corrected chi connectivity index (χ4v) is 3.62. The Morgan fingerprint density at radius 3 is 2.90 bits per heavy atom. The van der Waals surface area contributed by atoms with Gasteiger partial charge in [-0.15, -0.1) is 11.3 Å². The summed E-state index contributed by atoms with van der Waals surface area (Å²) >= 11 is 1.69. The Balaban J connectivity index is 1.67. The van der Waals surface area contributed by atoms with Gasteiger partial charge in [-0.05, 0) is 36.4 Å². The molecule has 2 heterocycles. The van der Waals surface area contributed by atoms with E-state index in [-0.39, 0.29) is 5.91 Å². The van der Waals surface area contributed by atoms with Gasteiger partial charge in [-0.25, -0.2) is 0 Å². The first-order chi connectivity index (χ1) is 10.1. The lowest BCUT2D eigenvalue weighted by atomic mass is 10.1. The summed E-state index contributed by atoms with van der Waals surface area (Å²) in [6.07, 6.45) is 1.03. The van der Waals surface area contributed by atoms with Crippen molar-refractivity contribution in [3.8, 4) is 0 Å². The minimum atomic E-state index is 0.173. The first kappa shape index (κ1) is 14.1. The summed E-state index contributed by atoms with van der Waals surface area (Å²) in [5.74, 6) is 0.173.